The molecule has 0 N–H and O–H groups in total. The normalized spacial score (nSPS) is 32.8. The van der Waals surface area contributed by atoms with E-state index < -0.39 is 0 Å². The molecule has 0 radical (unpaired) electrons. The van der Waals surface area contributed by atoms with Crippen LogP contribution in [0, 0.1) is 5.92 Å². The van der Waals surface area contributed by atoms with Crippen LogP contribution in [0.25, 0.3) is 0 Å². The summed E-state index contributed by atoms with van der Waals surface area (Å²) in [5.74, 6) is 2.74. The number of hydrogen-bond acceptors (Lipinski definition) is 3. The SMILES string of the molecule is O=C1CCCC1C1CCCN1CC1CSc2ccccc21. The lowest BCUT2D eigenvalue weighted by atomic mass is 9.93. The van der Waals surface area contributed by atoms with Gasteiger partial charge in [-0.1, -0.05) is 18.2 Å². The Labute approximate surface area is 131 Å². The molecule has 0 aromatic heterocycles. The van der Waals surface area contributed by atoms with Crippen LogP contribution < -0.4 is 0 Å². The van der Waals surface area contributed by atoms with Gasteiger partial charge in [-0.05, 0) is 43.9 Å². The van der Waals surface area contributed by atoms with Crippen molar-refractivity contribution in [1.82, 2.24) is 4.90 Å². The topological polar surface area (TPSA) is 20.3 Å². The molecule has 2 heterocycles. The average Bonchev–Trinajstić information content (AvgIpc) is 3.20. The Morgan fingerprint density at radius 2 is 2.10 bits per heavy atom. The van der Waals surface area contributed by atoms with Crippen molar-refractivity contribution in [3.05, 3.63) is 29.8 Å². The maximum Gasteiger partial charge on any atom is 0.137 e. The number of fused-ring (bicyclic) bond motifs is 1. The summed E-state index contributed by atoms with van der Waals surface area (Å²) in [5, 5.41) is 0. The fraction of sp³-hybridized carbons (Fsp3) is 0.611. The molecule has 2 fully saturated rings. The summed E-state index contributed by atoms with van der Waals surface area (Å²) in [6, 6.07) is 9.40. The van der Waals surface area contributed by atoms with Gasteiger partial charge in [0.1, 0.15) is 5.78 Å². The zero-order chi connectivity index (χ0) is 14.2. The number of rotatable bonds is 3. The van der Waals surface area contributed by atoms with Crippen LogP contribution in [0.4, 0.5) is 0 Å². The third-order valence-corrected chi connectivity index (χ3v) is 6.74. The number of likely N-dealkylation sites (tertiary alicyclic amines) is 1. The summed E-state index contributed by atoms with van der Waals surface area (Å²) < 4.78 is 0. The average molecular weight is 301 g/mol. The Balaban J connectivity index is 1.48. The lowest BCUT2D eigenvalue weighted by Gasteiger charge is -2.30. The van der Waals surface area contributed by atoms with E-state index in [9.17, 15) is 4.79 Å². The fourth-order valence-corrected chi connectivity index (χ4v) is 5.69. The van der Waals surface area contributed by atoms with Gasteiger partial charge in [-0.15, -0.1) is 11.8 Å². The van der Waals surface area contributed by atoms with E-state index in [1.165, 1.54) is 35.6 Å². The zero-order valence-corrected chi connectivity index (χ0v) is 13.3. The third-order valence-electron chi connectivity index (χ3n) is 5.48. The molecule has 0 spiro atoms. The van der Waals surface area contributed by atoms with Crippen molar-refractivity contribution in [3.63, 3.8) is 0 Å². The predicted molar refractivity (Wildman–Crippen MR) is 86.9 cm³/mol. The molecule has 2 nitrogen and oxygen atoms in total. The minimum absolute atomic E-state index is 0.344. The Morgan fingerprint density at radius 3 is 2.95 bits per heavy atom. The van der Waals surface area contributed by atoms with Gasteiger partial charge < -0.3 is 0 Å². The second-order valence-electron chi connectivity index (χ2n) is 6.72. The molecule has 1 aromatic rings. The number of benzene rings is 1. The number of carbonyl (C=O) groups is 1. The molecule has 3 unspecified atom stereocenters. The van der Waals surface area contributed by atoms with Gasteiger partial charge in [0.25, 0.3) is 0 Å². The van der Waals surface area contributed by atoms with Crippen molar-refractivity contribution in [3.8, 4) is 0 Å². The van der Waals surface area contributed by atoms with Crippen molar-refractivity contribution in [2.45, 2.75) is 49.0 Å². The number of ketones is 1. The molecule has 112 valence electrons. The fourth-order valence-electron chi connectivity index (χ4n) is 4.45. The quantitative estimate of drug-likeness (QED) is 0.849. The Hall–Kier alpha value is -0.800. The van der Waals surface area contributed by atoms with Crippen LogP contribution in [-0.2, 0) is 4.79 Å². The van der Waals surface area contributed by atoms with E-state index in [4.69, 9.17) is 0 Å². The van der Waals surface area contributed by atoms with Crippen LogP contribution >= 0.6 is 11.8 Å². The smallest absolute Gasteiger partial charge is 0.137 e. The molecule has 1 aromatic carbocycles. The summed E-state index contributed by atoms with van der Waals surface area (Å²) in [5.41, 5.74) is 1.53. The molecule has 1 aliphatic carbocycles. The first-order valence-electron chi connectivity index (χ1n) is 8.31. The van der Waals surface area contributed by atoms with Gasteiger partial charge in [0.05, 0.1) is 0 Å². The predicted octanol–water partition coefficient (Wildman–Crippen LogP) is 3.71. The van der Waals surface area contributed by atoms with Gasteiger partial charge in [0, 0.05) is 41.5 Å². The van der Waals surface area contributed by atoms with Gasteiger partial charge in [-0.2, -0.15) is 0 Å². The lowest BCUT2D eigenvalue weighted by molar-refractivity contribution is -0.122. The summed E-state index contributed by atoms with van der Waals surface area (Å²) in [6.07, 6.45) is 5.59. The Morgan fingerprint density at radius 1 is 1.19 bits per heavy atom. The van der Waals surface area contributed by atoms with E-state index in [0.29, 0.717) is 23.7 Å². The minimum Gasteiger partial charge on any atom is -0.299 e. The summed E-state index contributed by atoms with van der Waals surface area (Å²) in [4.78, 5) is 16.2. The van der Waals surface area contributed by atoms with Crippen LogP contribution in [0.1, 0.15) is 43.6 Å². The van der Waals surface area contributed by atoms with E-state index in [1.807, 2.05) is 11.8 Å². The van der Waals surface area contributed by atoms with E-state index in [0.717, 1.165) is 25.8 Å². The van der Waals surface area contributed by atoms with Crippen molar-refractivity contribution in [2.24, 2.45) is 5.92 Å². The summed E-state index contributed by atoms with van der Waals surface area (Å²) in [6.45, 7) is 2.34. The number of Topliss-reactive ketones (excluding diaryl/α,β-unsaturated/α-hetero) is 1. The van der Waals surface area contributed by atoms with Crippen LogP contribution in [0.2, 0.25) is 0 Å². The molecule has 0 amide bonds. The first-order chi connectivity index (χ1) is 10.3. The number of nitrogens with zero attached hydrogens (tertiary/aromatic N) is 1. The molecule has 2 aliphatic heterocycles. The van der Waals surface area contributed by atoms with E-state index in [1.54, 1.807) is 0 Å². The summed E-state index contributed by atoms with van der Waals surface area (Å²) in [7, 11) is 0. The first-order valence-corrected chi connectivity index (χ1v) is 9.30. The molecule has 4 rings (SSSR count). The molecule has 3 heteroatoms. The lowest BCUT2D eigenvalue weighted by Crippen LogP contribution is -2.39. The highest BCUT2D eigenvalue weighted by Crippen LogP contribution is 2.41. The maximum absolute atomic E-state index is 12.1. The van der Waals surface area contributed by atoms with Gasteiger partial charge in [-0.25, -0.2) is 0 Å². The highest BCUT2D eigenvalue weighted by molar-refractivity contribution is 7.99. The van der Waals surface area contributed by atoms with Gasteiger partial charge >= 0.3 is 0 Å². The van der Waals surface area contributed by atoms with Crippen LogP contribution in [-0.4, -0.2) is 35.6 Å². The molecule has 3 aliphatic rings. The van der Waals surface area contributed by atoms with Gasteiger partial charge in [0.2, 0.25) is 0 Å². The minimum atomic E-state index is 0.344. The van der Waals surface area contributed by atoms with Crippen molar-refractivity contribution in [2.75, 3.05) is 18.8 Å². The Kier molecular flexibility index (Phi) is 3.80. The highest BCUT2D eigenvalue weighted by atomic mass is 32.2. The molecule has 1 saturated carbocycles. The highest BCUT2D eigenvalue weighted by Gasteiger charge is 2.39. The summed E-state index contributed by atoms with van der Waals surface area (Å²) >= 11 is 2.00. The Bertz CT molecular complexity index is 544. The number of hydrogen-bond donors (Lipinski definition) is 0. The van der Waals surface area contributed by atoms with E-state index >= 15 is 0 Å². The van der Waals surface area contributed by atoms with E-state index in [-0.39, 0.29) is 0 Å². The molecular weight excluding hydrogens is 278 g/mol. The van der Waals surface area contributed by atoms with Crippen LogP contribution in [0.15, 0.2) is 29.2 Å². The second-order valence-corrected chi connectivity index (χ2v) is 7.78. The monoisotopic (exact) mass is 301 g/mol. The van der Waals surface area contributed by atoms with E-state index in [2.05, 4.69) is 29.2 Å². The molecular formula is C18H23NOS. The van der Waals surface area contributed by atoms with Gasteiger partial charge in [-0.3, -0.25) is 9.69 Å². The van der Waals surface area contributed by atoms with Crippen LogP contribution in [0.5, 0.6) is 0 Å². The van der Waals surface area contributed by atoms with Crippen LogP contribution in [0.3, 0.4) is 0 Å². The van der Waals surface area contributed by atoms with Crippen molar-refractivity contribution in [1.29, 1.82) is 0 Å². The molecule has 0 bridgehead atoms. The molecule has 3 atom stereocenters. The van der Waals surface area contributed by atoms with Crippen molar-refractivity contribution < 1.29 is 4.79 Å². The second kappa shape index (κ2) is 5.77. The molecule has 1 saturated heterocycles. The molecule has 21 heavy (non-hydrogen) atoms. The van der Waals surface area contributed by atoms with Gasteiger partial charge in [0.15, 0.2) is 0 Å². The van der Waals surface area contributed by atoms with Crippen molar-refractivity contribution >= 4 is 17.5 Å². The third kappa shape index (κ3) is 2.55. The number of thioether (sulfide) groups is 1. The maximum atomic E-state index is 12.1. The largest absolute Gasteiger partial charge is 0.299 e. The first kappa shape index (κ1) is 13.8. The zero-order valence-electron chi connectivity index (χ0n) is 12.5. The standard InChI is InChI=1S/C18H23NOS/c20-17-8-3-6-15(17)16-7-4-10-19(16)11-13-12-21-18-9-2-1-5-14(13)18/h1-2,5,9,13,15-16H,3-4,6-8,10-12H2. The number of carbonyl (C=O) groups excluding carboxylic acids is 1.